The van der Waals surface area contributed by atoms with Crippen LogP contribution in [0.15, 0.2) is 22.7 Å². The Balaban J connectivity index is 1.64. The molecule has 1 aliphatic heterocycles. The average molecular weight is 314 g/mol. The molecule has 6 heteroatoms. The normalized spacial score (nSPS) is 14.8. The van der Waals surface area contributed by atoms with Gasteiger partial charge in [0, 0.05) is 19.3 Å². The van der Waals surface area contributed by atoms with Crippen molar-refractivity contribution >= 4 is 11.9 Å². The number of hydrogen-bond donors (Lipinski definition) is 1. The highest BCUT2D eigenvalue weighted by Gasteiger charge is 2.15. The Morgan fingerprint density at radius 3 is 2.78 bits per heavy atom. The number of amides is 1. The fraction of sp³-hybridized carbons (Fsp3) is 0.471. The highest BCUT2D eigenvalue weighted by atomic mass is 16.3. The molecule has 0 bridgehead atoms. The number of furan rings is 1. The number of carbonyl (C=O) groups excluding carboxylic acids is 1. The summed E-state index contributed by atoms with van der Waals surface area (Å²) < 4.78 is 5.39. The second-order valence-corrected chi connectivity index (χ2v) is 5.91. The van der Waals surface area contributed by atoms with E-state index in [0.717, 1.165) is 30.5 Å². The van der Waals surface area contributed by atoms with Crippen LogP contribution in [0, 0.1) is 13.8 Å². The van der Waals surface area contributed by atoms with Crippen LogP contribution in [0.25, 0.3) is 0 Å². The molecule has 1 N–H and O–H groups in total. The zero-order chi connectivity index (χ0) is 16.2. The topological polar surface area (TPSA) is 71.3 Å². The van der Waals surface area contributed by atoms with E-state index in [1.807, 2.05) is 13.0 Å². The van der Waals surface area contributed by atoms with Gasteiger partial charge < -0.3 is 14.6 Å². The largest absolute Gasteiger partial charge is 0.466 e. The molecule has 1 saturated heterocycles. The molecule has 2 aromatic heterocycles. The smallest absolute Gasteiger partial charge is 0.255 e. The van der Waals surface area contributed by atoms with Crippen molar-refractivity contribution in [2.45, 2.75) is 39.7 Å². The number of nitrogens with zero attached hydrogens (tertiary/aromatic N) is 3. The van der Waals surface area contributed by atoms with E-state index in [-0.39, 0.29) is 5.91 Å². The Morgan fingerprint density at radius 2 is 2.09 bits per heavy atom. The van der Waals surface area contributed by atoms with E-state index in [2.05, 4.69) is 20.2 Å². The number of anilines is 1. The van der Waals surface area contributed by atoms with Crippen molar-refractivity contribution in [1.29, 1.82) is 0 Å². The van der Waals surface area contributed by atoms with Gasteiger partial charge in [-0.15, -0.1) is 0 Å². The van der Waals surface area contributed by atoms with Crippen molar-refractivity contribution < 1.29 is 9.21 Å². The highest BCUT2D eigenvalue weighted by Crippen LogP contribution is 2.16. The second-order valence-electron chi connectivity index (χ2n) is 5.91. The van der Waals surface area contributed by atoms with Gasteiger partial charge >= 0.3 is 0 Å². The molecule has 1 fully saturated rings. The Labute approximate surface area is 135 Å². The van der Waals surface area contributed by atoms with E-state index in [9.17, 15) is 4.79 Å². The SMILES string of the molecule is Cc1cc(C(=O)NCc2ccnc(N3CCCCC3)n2)c(C)o1. The fourth-order valence-electron chi connectivity index (χ4n) is 2.85. The number of carbonyl (C=O) groups is 1. The lowest BCUT2D eigenvalue weighted by Gasteiger charge is -2.26. The fourth-order valence-corrected chi connectivity index (χ4v) is 2.85. The molecule has 23 heavy (non-hydrogen) atoms. The van der Waals surface area contributed by atoms with Gasteiger partial charge in [-0.3, -0.25) is 4.79 Å². The minimum atomic E-state index is -0.141. The molecular formula is C17H22N4O2. The number of nitrogens with one attached hydrogen (secondary N) is 1. The van der Waals surface area contributed by atoms with Crippen molar-refractivity contribution in [2.75, 3.05) is 18.0 Å². The molecule has 0 saturated carbocycles. The van der Waals surface area contributed by atoms with E-state index in [0.29, 0.717) is 17.9 Å². The Morgan fingerprint density at radius 1 is 1.30 bits per heavy atom. The molecule has 2 aromatic rings. The summed E-state index contributed by atoms with van der Waals surface area (Å²) in [5, 5.41) is 2.89. The summed E-state index contributed by atoms with van der Waals surface area (Å²) in [5.41, 5.74) is 1.39. The summed E-state index contributed by atoms with van der Waals surface area (Å²) in [5.74, 6) is 1.99. The zero-order valence-corrected chi connectivity index (χ0v) is 13.6. The number of aryl methyl sites for hydroxylation is 2. The predicted molar refractivity (Wildman–Crippen MR) is 87.4 cm³/mol. The maximum atomic E-state index is 12.2. The first kappa shape index (κ1) is 15.5. The van der Waals surface area contributed by atoms with Crippen molar-refractivity contribution in [1.82, 2.24) is 15.3 Å². The number of rotatable bonds is 4. The maximum absolute atomic E-state index is 12.2. The summed E-state index contributed by atoms with van der Waals surface area (Å²) in [6.07, 6.45) is 5.40. The molecular weight excluding hydrogens is 292 g/mol. The van der Waals surface area contributed by atoms with Gasteiger partial charge in [0.15, 0.2) is 0 Å². The first-order chi connectivity index (χ1) is 11.1. The third-order valence-electron chi connectivity index (χ3n) is 4.06. The molecule has 1 aliphatic rings. The third-order valence-corrected chi connectivity index (χ3v) is 4.06. The molecule has 0 aromatic carbocycles. The van der Waals surface area contributed by atoms with Crippen LogP contribution in [0.5, 0.6) is 0 Å². The monoisotopic (exact) mass is 314 g/mol. The minimum absolute atomic E-state index is 0.141. The third kappa shape index (κ3) is 3.70. The summed E-state index contributed by atoms with van der Waals surface area (Å²) in [7, 11) is 0. The number of aromatic nitrogens is 2. The van der Waals surface area contributed by atoms with Crippen molar-refractivity contribution in [3.05, 3.63) is 41.1 Å². The van der Waals surface area contributed by atoms with Crippen molar-refractivity contribution in [3.8, 4) is 0 Å². The molecule has 0 aliphatic carbocycles. The summed E-state index contributed by atoms with van der Waals surface area (Å²) in [4.78, 5) is 23.3. The Hall–Kier alpha value is -2.37. The van der Waals surface area contributed by atoms with Gasteiger partial charge in [-0.25, -0.2) is 9.97 Å². The molecule has 1 amide bonds. The Bertz CT molecular complexity index is 690. The molecule has 3 rings (SSSR count). The summed E-state index contributed by atoms with van der Waals surface area (Å²) in [6, 6.07) is 3.59. The second kappa shape index (κ2) is 6.81. The summed E-state index contributed by atoms with van der Waals surface area (Å²) in [6.45, 7) is 6.01. The lowest BCUT2D eigenvalue weighted by atomic mass is 10.1. The van der Waals surface area contributed by atoms with Gasteiger partial charge in [0.1, 0.15) is 11.5 Å². The first-order valence-corrected chi connectivity index (χ1v) is 8.05. The van der Waals surface area contributed by atoms with E-state index >= 15 is 0 Å². The van der Waals surface area contributed by atoms with Gasteiger partial charge in [0.25, 0.3) is 5.91 Å². The lowest BCUT2D eigenvalue weighted by molar-refractivity contribution is 0.0949. The van der Waals surface area contributed by atoms with Gasteiger partial charge in [0.2, 0.25) is 5.95 Å². The molecule has 122 valence electrons. The molecule has 0 unspecified atom stereocenters. The van der Waals surface area contributed by atoms with Crippen LogP contribution < -0.4 is 10.2 Å². The van der Waals surface area contributed by atoms with E-state index in [1.165, 1.54) is 19.3 Å². The van der Waals surface area contributed by atoms with Gasteiger partial charge in [0.05, 0.1) is 17.8 Å². The van der Waals surface area contributed by atoms with Crippen LogP contribution in [0.4, 0.5) is 5.95 Å². The first-order valence-electron chi connectivity index (χ1n) is 8.05. The molecule has 0 spiro atoms. The van der Waals surface area contributed by atoms with E-state index in [1.54, 1.807) is 19.2 Å². The standard InChI is InChI=1S/C17H22N4O2/c1-12-10-15(13(2)23-12)16(22)19-11-14-6-7-18-17(20-14)21-8-4-3-5-9-21/h6-7,10H,3-5,8-9,11H2,1-2H3,(H,19,22). The quantitative estimate of drug-likeness (QED) is 0.939. The zero-order valence-electron chi connectivity index (χ0n) is 13.6. The van der Waals surface area contributed by atoms with Gasteiger partial charge in [-0.1, -0.05) is 0 Å². The van der Waals surface area contributed by atoms with E-state index < -0.39 is 0 Å². The number of piperidine rings is 1. The van der Waals surface area contributed by atoms with Gasteiger partial charge in [-0.05, 0) is 45.2 Å². The maximum Gasteiger partial charge on any atom is 0.255 e. The van der Waals surface area contributed by atoms with Crippen LogP contribution in [0.2, 0.25) is 0 Å². The van der Waals surface area contributed by atoms with Crippen LogP contribution in [-0.4, -0.2) is 29.0 Å². The molecule has 0 atom stereocenters. The summed E-state index contributed by atoms with van der Waals surface area (Å²) >= 11 is 0. The molecule has 6 nitrogen and oxygen atoms in total. The van der Waals surface area contributed by atoms with Gasteiger partial charge in [-0.2, -0.15) is 0 Å². The minimum Gasteiger partial charge on any atom is -0.466 e. The predicted octanol–water partition coefficient (Wildman–Crippen LogP) is 2.61. The van der Waals surface area contributed by atoms with Crippen LogP contribution in [-0.2, 0) is 6.54 Å². The van der Waals surface area contributed by atoms with E-state index in [4.69, 9.17) is 4.42 Å². The Kier molecular flexibility index (Phi) is 4.60. The highest BCUT2D eigenvalue weighted by molar-refractivity contribution is 5.95. The molecule has 0 radical (unpaired) electrons. The van der Waals surface area contributed by atoms with Crippen molar-refractivity contribution in [3.63, 3.8) is 0 Å². The average Bonchev–Trinajstić information content (AvgIpc) is 2.92. The van der Waals surface area contributed by atoms with Crippen molar-refractivity contribution in [2.24, 2.45) is 0 Å². The van der Waals surface area contributed by atoms with Crippen LogP contribution in [0.1, 0.15) is 46.8 Å². The number of hydrogen-bond acceptors (Lipinski definition) is 5. The lowest BCUT2D eigenvalue weighted by Crippen LogP contribution is -2.31. The molecule has 3 heterocycles. The van der Waals surface area contributed by atoms with Crippen LogP contribution >= 0.6 is 0 Å². The van der Waals surface area contributed by atoms with Crippen LogP contribution in [0.3, 0.4) is 0 Å².